The molecule has 2 aromatic rings. The Balaban J connectivity index is 1.93. The zero-order valence-electron chi connectivity index (χ0n) is 9.34. The van der Waals surface area contributed by atoms with Crippen LogP contribution in [0.1, 0.15) is 18.4 Å². The number of furan rings is 1. The van der Waals surface area contributed by atoms with Gasteiger partial charge in [0.05, 0.1) is 12.0 Å². The number of carbonyl (C=O) groups is 1. The van der Waals surface area contributed by atoms with Crippen LogP contribution in [0.4, 0.5) is 5.13 Å². The van der Waals surface area contributed by atoms with E-state index in [0.717, 1.165) is 12.1 Å². The van der Waals surface area contributed by atoms with Crippen molar-refractivity contribution in [2.75, 3.05) is 5.32 Å². The van der Waals surface area contributed by atoms with Crippen LogP contribution in [-0.4, -0.2) is 10.9 Å². The molecule has 0 bridgehead atoms. The fraction of sp³-hybridized carbons (Fsp3) is 0.167. The van der Waals surface area contributed by atoms with E-state index in [1.54, 1.807) is 24.5 Å². The second-order valence-electron chi connectivity index (χ2n) is 3.34. The van der Waals surface area contributed by atoms with Gasteiger partial charge >= 0.3 is 0 Å². The van der Waals surface area contributed by atoms with Gasteiger partial charge in [0.25, 0.3) is 0 Å². The van der Waals surface area contributed by atoms with E-state index in [4.69, 9.17) is 4.42 Å². The normalized spacial score (nSPS) is 10.9. The van der Waals surface area contributed by atoms with Crippen molar-refractivity contribution in [2.24, 2.45) is 0 Å². The first-order chi connectivity index (χ1) is 8.28. The fourth-order valence-corrected chi connectivity index (χ4v) is 2.01. The number of nitrogens with zero attached hydrogens (tertiary/aromatic N) is 1. The van der Waals surface area contributed by atoms with E-state index in [1.165, 1.54) is 17.4 Å². The van der Waals surface area contributed by atoms with Crippen molar-refractivity contribution >= 4 is 28.5 Å². The van der Waals surface area contributed by atoms with Crippen molar-refractivity contribution in [3.63, 3.8) is 0 Å². The number of anilines is 1. The molecule has 0 aromatic carbocycles. The second kappa shape index (κ2) is 5.45. The Kier molecular flexibility index (Phi) is 3.72. The van der Waals surface area contributed by atoms with E-state index >= 15 is 0 Å². The maximum Gasteiger partial charge on any atom is 0.250 e. The Morgan fingerprint density at radius 1 is 1.65 bits per heavy atom. The highest BCUT2D eigenvalue weighted by Crippen LogP contribution is 2.15. The van der Waals surface area contributed by atoms with Gasteiger partial charge in [-0.1, -0.05) is 6.92 Å². The van der Waals surface area contributed by atoms with Gasteiger partial charge in [-0.25, -0.2) is 4.98 Å². The third kappa shape index (κ3) is 3.29. The van der Waals surface area contributed by atoms with Crippen LogP contribution in [0, 0.1) is 0 Å². The molecule has 0 aliphatic carbocycles. The number of rotatable bonds is 4. The van der Waals surface area contributed by atoms with Gasteiger partial charge in [0.15, 0.2) is 5.13 Å². The molecule has 0 atom stereocenters. The molecule has 5 heteroatoms. The summed E-state index contributed by atoms with van der Waals surface area (Å²) in [5.74, 6) is 0.437. The summed E-state index contributed by atoms with van der Waals surface area (Å²) in [6.45, 7) is 2.03. The monoisotopic (exact) mass is 248 g/mol. The molecule has 0 unspecified atom stereocenters. The molecule has 1 amide bonds. The molecule has 0 saturated heterocycles. The van der Waals surface area contributed by atoms with E-state index in [1.807, 2.05) is 12.3 Å². The van der Waals surface area contributed by atoms with Gasteiger partial charge in [0.2, 0.25) is 5.91 Å². The lowest BCUT2D eigenvalue weighted by Crippen LogP contribution is -2.07. The summed E-state index contributed by atoms with van der Waals surface area (Å²) in [5.41, 5.74) is 0.986. The zero-order valence-corrected chi connectivity index (χ0v) is 10.2. The number of aryl methyl sites for hydroxylation is 1. The number of amides is 1. The molecule has 0 spiro atoms. The van der Waals surface area contributed by atoms with E-state index in [9.17, 15) is 4.79 Å². The smallest absolute Gasteiger partial charge is 0.250 e. The predicted octanol–water partition coefficient (Wildman–Crippen LogP) is 2.95. The molecule has 0 aliphatic rings. The minimum Gasteiger partial charge on any atom is -0.465 e. The average molecular weight is 248 g/mol. The predicted molar refractivity (Wildman–Crippen MR) is 67.9 cm³/mol. The lowest BCUT2D eigenvalue weighted by atomic mass is 10.4. The first kappa shape index (κ1) is 11.6. The van der Waals surface area contributed by atoms with Gasteiger partial charge in [-0.05, 0) is 24.6 Å². The fourth-order valence-electron chi connectivity index (χ4n) is 1.22. The van der Waals surface area contributed by atoms with Crippen molar-refractivity contribution in [1.82, 2.24) is 4.98 Å². The molecule has 0 fully saturated rings. The van der Waals surface area contributed by atoms with Gasteiger partial charge in [0, 0.05) is 11.5 Å². The largest absolute Gasteiger partial charge is 0.465 e. The molecule has 88 valence electrons. The zero-order chi connectivity index (χ0) is 12.1. The lowest BCUT2D eigenvalue weighted by Gasteiger charge is -1.94. The lowest BCUT2D eigenvalue weighted by molar-refractivity contribution is -0.111. The highest BCUT2D eigenvalue weighted by atomic mass is 32.1. The Labute approximate surface area is 103 Å². The summed E-state index contributed by atoms with van der Waals surface area (Å²) in [7, 11) is 0. The van der Waals surface area contributed by atoms with Crippen molar-refractivity contribution in [1.29, 1.82) is 0 Å². The maximum atomic E-state index is 11.5. The van der Waals surface area contributed by atoms with Crippen LogP contribution in [0.25, 0.3) is 6.08 Å². The molecule has 2 heterocycles. The molecular formula is C12H12N2O2S. The Morgan fingerprint density at radius 2 is 2.53 bits per heavy atom. The summed E-state index contributed by atoms with van der Waals surface area (Å²) < 4.78 is 5.08. The van der Waals surface area contributed by atoms with Crippen LogP contribution in [0.2, 0.25) is 0 Å². The first-order valence-corrected chi connectivity index (χ1v) is 6.13. The SMILES string of the molecule is CCc1csc(NC(=O)C=Cc2ccco2)n1. The maximum absolute atomic E-state index is 11.5. The minimum atomic E-state index is -0.210. The van der Waals surface area contributed by atoms with E-state index in [-0.39, 0.29) is 5.91 Å². The minimum absolute atomic E-state index is 0.210. The van der Waals surface area contributed by atoms with E-state index in [0.29, 0.717) is 10.9 Å². The molecule has 2 aromatic heterocycles. The second-order valence-corrected chi connectivity index (χ2v) is 4.19. The van der Waals surface area contributed by atoms with Crippen molar-refractivity contribution < 1.29 is 9.21 Å². The van der Waals surface area contributed by atoms with Crippen LogP contribution < -0.4 is 5.32 Å². The highest BCUT2D eigenvalue weighted by molar-refractivity contribution is 7.13. The van der Waals surface area contributed by atoms with Crippen LogP contribution in [-0.2, 0) is 11.2 Å². The molecule has 2 rings (SSSR count). The third-order valence-corrected chi connectivity index (χ3v) is 2.89. The number of hydrogen-bond acceptors (Lipinski definition) is 4. The van der Waals surface area contributed by atoms with Crippen molar-refractivity contribution in [3.05, 3.63) is 41.3 Å². The summed E-state index contributed by atoms with van der Waals surface area (Å²) in [4.78, 5) is 15.8. The molecule has 17 heavy (non-hydrogen) atoms. The van der Waals surface area contributed by atoms with Crippen molar-refractivity contribution in [2.45, 2.75) is 13.3 Å². The van der Waals surface area contributed by atoms with E-state index < -0.39 is 0 Å². The third-order valence-electron chi connectivity index (χ3n) is 2.09. The Hall–Kier alpha value is -1.88. The summed E-state index contributed by atoms with van der Waals surface area (Å²) in [6.07, 6.45) is 5.47. The Morgan fingerprint density at radius 3 is 3.18 bits per heavy atom. The highest BCUT2D eigenvalue weighted by Gasteiger charge is 2.02. The van der Waals surface area contributed by atoms with Crippen LogP contribution in [0.3, 0.4) is 0 Å². The standard InChI is InChI=1S/C12H12N2O2S/c1-2-9-8-17-12(13-9)14-11(15)6-5-10-4-3-7-16-10/h3-8H,2H2,1H3,(H,13,14,15). The quantitative estimate of drug-likeness (QED) is 0.846. The van der Waals surface area contributed by atoms with Crippen LogP contribution >= 0.6 is 11.3 Å². The molecular weight excluding hydrogens is 236 g/mol. The molecule has 0 aliphatic heterocycles. The van der Waals surface area contributed by atoms with E-state index in [2.05, 4.69) is 10.3 Å². The topological polar surface area (TPSA) is 55.1 Å². The molecule has 4 nitrogen and oxygen atoms in total. The van der Waals surface area contributed by atoms with Gasteiger partial charge in [-0.15, -0.1) is 11.3 Å². The summed E-state index contributed by atoms with van der Waals surface area (Å²) in [5, 5.41) is 5.26. The van der Waals surface area contributed by atoms with Crippen molar-refractivity contribution in [3.8, 4) is 0 Å². The molecule has 1 N–H and O–H groups in total. The van der Waals surface area contributed by atoms with Gasteiger partial charge in [-0.3, -0.25) is 10.1 Å². The molecule has 0 saturated carbocycles. The summed E-state index contributed by atoms with van der Waals surface area (Å²) >= 11 is 1.43. The molecule has 0 radical (unpaired) electrons. The van der Waals surface area contributed by atoms with Gasteiger partial charge in [0.1, 0.15) is 5.76 Å². The van der Waals surface area contributed by atoms with Crippen LogP contribution in [0.5, 0.6) is 0 Å². The van der Waals surface area contributed by atoms with Crippen LogP contribution in [0.15, 0.2) is 34.3 Å². The van der Waals surface area contributed by atoms with Gasteiger partial charge < -0.3 is 4.42 Å². The first-order valence-electron chi connectivity index (χ1n) is 5.25. The summed E-state index contributed by atoms with van der Waals surface area (Å²) in [6, 6.07) is 3.55. The van der Waals surface area contributed by atoms with Gasteiger partial charge in [-0.2, -0.15) is 0 Å². The number of aromatic nitrogens is 1. The average Bonchev–Trinajstić information content (AvgIpc) is 2.97. The number of nitrogens with one attached hydrogen (secondary N) is 1. The Bertz CT molecular complexity index is 514. The number of thiazole rings is 1. The number of carbonyl (C=O) groups excluding carboxylic acids is 1. The number of hydrogen-bond donors (Lipinski definition) is 1.